The lowest BCUT2D eigenvalue weighted by molar-refractivity contribution is 0.262. The maximum atomic E-state index is 9.50. The van der Waals surface area contributed by atoms with Gasteiger partial charge in [0, 0.05) is 11.6 Å². The van der Waals surface area contributed by atoms with Crippen LogP contribution in [0.5, 0.6) is 0 Å². The first-order chi connectivity index (χ1) is 9.17. The van der Waals surface area contributed by atoms with Crippen LogP contribution >= 0.6 is 0 Å². The number of hydrogen-bond donors (Lipinski definition) is 1. The predicted molar refractivity (Wildman–Crippen MR) is 78.6 cm³/mol. The summed E-state index contributed by atoms with van der Waals surface area (Å²) in [5, 5.41) is 9.50. The van der Waals surface area contributed by atoms with E-state index in [0.29, 0.717) is 5.82 Å². The van der Waals surface area contributed by atoms with Crippen LogP contribution in [0, 0.1) is 0 Å². The van der Waals surface area contributed by atoms with Gasteiger partial charge in [0.25, 0.3) is 0 Å². The average molecular weight is 257 g/mol. The average Bonchev–Trinajstić information content (AvgIpc) is 2.83. The number of fused-ring (bicyclic) bond motifs is 1. The standard InChI is InChI=1S/C15H19N3O/c1-5-10(4)18-14(9-19)17-13-8-16-12(7-3)11(6-2)15(13)18/h6-8,10,19H,2-3,5,9H2,1,4H3/t10-/m0/s1. The molecule has 0 fully saturated rings. The first-order valence-corrected chi connectivity index (χ1v) is 6.43. The molecule has 1 N–H and O–H groups in total. The largest absolute Gasteiger partial charge is 0.388 e. The Bertz CT molecular complexity index is 628. The molecule has 19 heavy (non-hydrogen) atoms. The number of hydrogen-bond acceptors (Lipinski definition) is 3. The molecule has 4 heteroatoms. The summed E-state index contributed by atoms with van der Waals surface area (Å²) in [6, 6.07) is 0.255. The van der Waals surface area contributed by atoms with Crippen LogP contribution in [0.2, 0.25) is 0 Å². The third kappa shape index (κ3) is 2.08. The molecule has 0 saturated heterocycles. The summed E-state index contributed by atoms with van der Waals surface area (Å²) in [6.07, 6.45) is 6.16. The van der Waals surface area contributed by atoms with Crippen molar-refractivity contribution in [1.82, 2.24) is 14.5 Å². The molecule has 2 aromatic heterocycles. The highest BCUT2D eigenvalue weighted by molar-refractivity contribution is 5.88. The van der Waals surface area contributed by atoms with E-state index in [-0.39, 0.29) is 12.6 Å². The molecule has 0 aliphatic heterocycles. The van der Waals surface area contributed by atoms with Crippen molar-refractivity contribution in [2.24, 2.45) is 0 Å². The Morgan fingerprint density at radius 1 is 1.42 bits per heavy atom. The number of aliphatic hydroxyl groups is 1. The van der Waals surface area contributed by atoms with Crippen molar-refractivity contribution in [2.75, 3.05) is 0 Å². The molecule has 100 valence electrons. The number of aliphatic hydroxyl groups excluding tert-OH is 1. The fourth-order valence-electron chi connectivity index (χ4n) is 2.31. The van der Waals surface area contributed by atoms with E-state index >= 15 is 0 Å². The topological polar surface area (TPSA) is 50.9 Å². The molecular weight excluding hydrogens is 238 g/mol. The SMILES string of the molecule is C=Cc1ncc2nc(CO)n([C@@H](C)CC)c2c1C=C. The third-order valence-corrected chi connectivity index (χ3v) is 3.44. The number of imidazole rings is 1. The summed E-state index contributed by atoms with van der Waals surface area (Å²) in [6.45, 7) is 11.8. The second-order valence-corrected chi connectivity index (χ2v) is 4.51. The lowest BCUT2D eigenvalue weighted by Gasteiger charge is -2.16. The summed E-state index contributed by atoms with van der Waals surface area (Å²) < 4.78 is 2.07. The smallest absolute Gasteiger partial charge is 0.136 e. The molecule has 0 aliphatic rings. The summed E-state index contributed by atoms with van der Waals surface area (Å²) in [5.74, 6) is 0.662. The highest BCUT2D eigenvalue weighted by atomic mass is 16.3. The molecule has 0 radical (unpaired) electrons. The van der Waals surface area contributed by atoms with Gasteiger partial charge < -0.3 is 9.67 Å². The van der Waals surface area contributed by atoms with Crippen molar-refractivity contribution < 1.29 is 5.11 Å². The highest BCUT2D eigenvalue weighted by Crippen LogP contribution is 2.28. The van der Waals surface area contributed by atoms with E-state index in [9.17, 15) is 5.11 Å². The van der Waals surface area contributed by atoms with Gasteiger partial charge in [0.1, 0.15) is 17.9 Å². The van der Waals surface area contributed by atoms with Crippen LogP contribution in [0.15, 0.2) is 19.4 Å². The first-order valence-electron chi connectivity index (χ1n) is 6.43. The fourth-order valence-corrected chi connectivity index (χ4v) is 2.31. The van der Waals surface area contributed by atoms with Crippen LogP contribution in [0.3, 0.4) is 0 Å². The predicted octanol–water partition coefficient (Wildman–Crippen LogP) is 3.18. The van der Waals surface area contributed by atoms with Crippen molar-refractivity contribution in [2.45, 2.75) is 32.9 Å². The molecule has 2 aromatic rings. The summed E-state index contributed by atoms with van der Waals surface area (Å²) in [4.78, 5) is 8.78. The minimum absolute atomic E-state index is 0.0843. The molecule has 2 rings (SSSR count). The molecule has 1 atom stereocenters. The molecule has 0 aliphatic carbocycles. The van der Waals surface area contributed by atoms with Gasteiger partial charge in [-0.15, -0.1) is 0 Å². The maximum Gasteiger partial charge on any atom is 0.136 e. The molecule has 4 nitrogen and oxygen atoms in total. The number of aromatic nitrogens is 3. The van der Waals surface area contributed by atoms with Crippen LogP contribution < -0.4 is 0 Å². The van der Waals surface area contributed by atoms with Crippen molar-refractivity contribution in [3.8, 4) is 0 Å². The molecule has 0 bridgehead atoms. The monoisotopic (exact) mass is 257 g/mol. The third-order valence-electron chi connectivity index (χ3n) is 3.44. The second-order valence-electron chi connectivity index (χ2n) is 4.51. The normalized spacial score (nSPS) is 12.6. The zero-order chi connectivity index (χ0) is 14.0. The Kier molecular flexibility index (Phi) is 3.81. The molecular formula is C15H19N3O. The first kappa shape index (κ1) is 13.5. The molecule has 0 aromatic carbocycles. The van der Waals surface area contributed by atoms with Gasteiger partial charge in [0.15, 0.2) is 0 Å². The minimum atomic E-state index is -0.0843. The van der Waals surface area contributed by atoms with Crippen LogP contribution in [0.25, 0.3) is 23.2 Å². The van der Waals surface area contributed by atoms with Gasteiger partial charge in [-0.3, -0.25) is 4.98 Å². The van der Waals surface area contributed by atoms with Gasteiger partial charge >= 0.3 is 0 Å². The number of rotatable bonds is 5. The minimum Gasteiger partial charge on any atom is -0.388 e. The van der Waals surface area contributed by atoms with E-state index in [1.54, 1.807) is 18.3 Å². The lowest BCUT2D eigenvalue weighted by Crippen LogP contribution is -2.09. The Morgan fingerprint density at radius 3 is 2.68 bits per heavy atom. The zero-order valence-electron chi connectivity index (χ0n) is 11.4. The molecule has 0 saturated carbocycles. The van der Waals surface area contributed by atoms with Gasteiger partial charge in [-0.05, 0) is 19.4 Å². The number of nitrogens with zero attached hydrogens (tertiary/aromatic N) is 3. The Morgan fingerprint density at radius 2 is 2.16 bits per heavy atom. The van der Waals surface area contributed by atoms with Gasteiger partial charge in [-0.25, -0.2) is 4.98 Å². The quantitative estimate of drug-likeness (QED) is 0.895. The van der Waals surface area contributed by atoms with Crippen LogP contribution in [0.1, 0.15) is 43.4 Å². The van der Waals surface area contributed by atoms with E-state index in [2.05, 4.69) is 41.5 Å². The van der Waals surface area contributed by atoms with Gasteiger partial charge in [-0.1, -0.05) is 26.2 Å². The Balaban J connectivity index is 2.89. The van der Waals surface area contributed by atoms with E-state index in [4.69, 9.17) is 0 Å². The molecule has 0 spiro atoms. The van der Waals surface area contributed by atoms with Crippen LogP contribution in [-0.2, 0) is 6.61 Å². The summed E-state index contributed by atoms with van der Waals surface area (Å²) in [5.41, 5.74) is 3.46. The van der Waals surface area contributed by atoms with E-state index < -0.39 is 0 Å². The van der Waals surface area contributed by atoms with E-state index in [1.165, 1.54) is 0 Å². The van der Waals surface area contributed by atoms with Crippen molar-refractivity contribution >= 4 is 23.2 Å². The van der Waals surface area contributed by atoms with E-state index in [0.717, 1.165) is 28.7 Å². The summed E-state index contributed by atoms with van der Waals surface area (Å²) >= 11 is 0. The fraction of sp³-hybridized carbons (Fsp3) is 0.333. The Labute approximate surface area is 113 Å². The maximum absolute atomic E-state index is 9.50. The van der Waals surface area contributed by atoms with Gasteiger partial charge in [0.2, 0.25) is 0 Å². The molecule has 0 unspecified atom stereocenters. The van der Waals surface area contributed by atoms with Gasteiger partial charge in [-0.2, -0.15) is 0 Å². The summed E-state index contributed by atoms with van der Waals surface area (Å²) in [7, 11) is 0. The van der Waals surface area contributed by atoms with Crippen molar-refractivity contribution in [3.63, 3.8) is 0 Å². The van der Waals surface area contributed by atoms with Gasteiger partial charge in [0.05, 0.1) is 17.4 Å². The lowest BCUT2D eigenvalue weighted by atomic mass is 10.1. The molecule has 0 amide bonds. The molecule has 2 heterocycles. The number of pyridine rings is 1. The van der Waals surface area contributed by atoms with Crippen LogP contribution in [-0.4, -0.2) is 19.6 Å². The van der Waals surface area contributed by atoms with Crippen LogP contribution in [0.4, 0.5) is 0 Å². The van der Waals surface area contributed by atoms with E-state index in [1.807, 2.05) is 0 Å². The zero-order valence-corrected chi connectivity index (χ0v) is 11.4. The second kappa shape index (κ2) is 5.36. The Hall–Kier alpha value is -1.94. The van der Waals surface area contributed by atoms with Crippen molar-refractivity contribution in [1.29, 1.82) is 0 Å². The van der Waals surface area contributed by atoms with Crippen molar-refractivity contribution in [3.05, 3.63) is 36.4 Å². The highest BCUT2D eigenvalue weighted by Gasteiger charge is 2.18.